The van der Waals surface area contributed by atoms with Crippen molar-refractivity contribution in [2.75, 3.05) is 19.3 Å². The fourth-order valence-corrected chi connectivity index (χ4v) is 1.89. The van der Waals surface area contributed by atoms with Gasteiger partial charge in [0.2, 0.25) is 0 Å². The van der Waals surface area contributed by atoms with E-state index in [4.69, 9.17) is 5.73 Å². The van der Waals surface area contributed by atoms with Crippen LogP contribution in [-0.4, -0.2) is 29.4 Å². The zero-order valence-corrected chi connectivity index (χ0v) is 9.68. The smallest absolute Gasteiger partial charge is 0.257 e. The van der Waals surface area contributed by atoms with E-state index in [1.165, 1.54) is 6.42 Å². The van der Waals surface area contributed by atoms with Crippen molar-refractivity contribution in [3.8, 4) is 0 Å². The third kappa shape index (κ3) is 2.15. The molecule has 2 rings (SSSR count). The van der Waals surface area contributed by atoms with Gasteiger partial charge in [0, 0.05) is 19.8 Å². The number of pyridine rings is 1. The second-order valence-electron chi connectivity index (χ2n) is 4.59. The highest BCUT2D eigenvalue weighted by atomic mass is 16.2. The van der Waals surface area contributed by atoms with Crippen LogP contribution in [0.25, 0.3) is 0 Å². The number of nitrogen functional groups attached to an aromatic ring is 1. The summed E-state index contributed by atoms with van der Waals surface area (Å²) in [6.45, 7) is 3.02. The van der Waals surface area contributed by atoms with E-state index in [0.29, 0.717) is 17.3 Å². The van der Waals surface area contributed by atoms with Gasteiger partial charge in [0.15, 0.2) is 0 Å². The lowest BCUT2D eigenvalue weighted by molar-refractivity contribution is 0.0788. The van der Waals surface area contributed by atoms with Gasteiger partial charge >= 0.3 is 0 Å². The van der Waals surface area contributed by atoms with E-state index in [-0.39, 0.29) is 5.91 Å². The molecular weight excluding hydrogens is 202 g/mol. The van der Waals surface area contributed by atoms with Crippen molar-refractivity contribution in [2.45, 2.75) is 13.3 Å². The molecule has 1 aliphatic carbocycles. The second kappa shape index (κ2) is 4.12. The van der Waals surface area contributed by atoms with Gasteiger partial charge in [-0.05, 0) is 30.4 Å². The number of anilines is 1. The van der Waals surface area contributed by atoms with Crippen LogP contribution in [0.4, 0.5) is 5.82 Å². The lowest BCUT2D eigenvalue weighted by atomic mass is 10.2. The molecule has 0 aliphatic heterocycles. The normalized spacial score (nSPS) is 22.9. The minimum Gasteiger partial charge on any atom is -0.383 e. The Balaban J connectivity index is 2.04. The highest BCUT2D eigenvalue weighted by Crippen LogP contribution is 2.38. The van der Waals surface area contributed by atoms with Crippen LogP contribution in [0.3, 0.4) is 0 Å². The maximum atomic E-state index is 12.0. The lowest BCUT2D eigenvalue weighted by Crippen LogP contribution is -2.29. The molecule has 0 bridgehead atoms. The number of nitrogens with two attached hydrogens (primary N) is 1. The van der Waals surface area contributed by atoms with E-state index in [1.54, 1.807) is 23.2 Å². The standard InChI is InChI=1S/C12H17N3O/c1-8-6-9(8)7-15(2)12(16)10-4-3-5-14-11(10)13/h3-5,8-9H,6-7H2,1-2H3,(H2,13,14). The summed E-state index contributed by atoms with van der Waals surface area (Å²) in [5.41, 5.74) is 6.17. The molecule has 86 valence electrons. The van der Waals surface area contributed by atoms with Gasteiger partial charge in [-0.15, -0.1) is 0 Å². The van der Waals surface area contributed by atoms with Crippen molar-refractivity contribution in [3.05, 3.63) is 23.9 Å². The van der Waals surface area contributed by atoms with Gasteiger partial charge in [0.25, 0.3) is 5.91 Å². The van der Waals surface area contributed by atoms with E-state index in [1.807, 2.05) is 7.05 Å². The summed E-state index contributed by atoms with van der Waals surface area (Å²) >= 11 is 0. The molecule has 1 heterocycles. The molecule has 4 heteroatoms. The first-order chi connectivity index (χ1) is 7.59. The molecule has 2 unspecified atom stereocenters. The quantitative estimate of drug-likeness (QED) is 0.835. The average molecular weight is 219 g/mol. The first kappa shape index (κ1) is 10.9. The largest absolute Gasteiger partial charge is 0.383 e. The van der Waals surface area contributed by atoms with E-state index in [0.717, 1.165) is 12.5 Å². The van der Waals surface area contributed by atoms with E-state index in [9.17, 15) is 4.79 Å². The van der Waals surface area contributed by atoms with Crippen molar-refractivity contribution in [3.63, 3.8) is 0 Å². The summed E-state index contributed by atoms with van der Waals surface area (Å²) in [6, 6.07) is 3.45. The Labute approximate surface area is 95.5 Å². The molecule has 1 aromatic heterocycles. The van der Waals surface area contributed by atoms with Crippen molar-refractivity contribution in [2.24, 2.45) is 11.8 Å². The Bertz CT molecular complexity index is 405. The third-order valence-corrected chi connectivity index (χ3v) is 3.20. The number of rotatable bonds is 3. The Hall–Kier alpha value is -1.58. The summed E-state index contributed by atoms with van der Waals surface area (Å²) < 4.78 is 0. The van der Waals surface area contributed by atoms with Crippen molar-refractivity contribution in [1.29, 1.82) is 0 Å². The van der Waals surface area contributed by atoms with Crippen LogP contribution >= 0.6 is 0 Å². The highest BCUT2D eigenvalue weighted by molar-refractivity contribution is 5.98. The van der Waals surface area contributed by atoms with Gasteiger partial charge < -0.3 is 10.6 Å². The summed E-state index contributed by atoms with van der Waals surface area (Å²) in [5.74, 6) is 1.68. The van der Waals surface area contributed by atoms with Crippen LogP contribution in [0.2, 0.25) is 0 Å². The van der Waals surface area contributed by atoms with Crippen LogP contribution in [0.15, 0.2) is 18.3 Å². The first-order valence-electron chi connectivity index (χ1n) is 5.55. The van der Waals surface area contributed by atoms with Crippen molar-refractivity contribution >= 4 is 11.7 Å². The minimum atomic E-state index is -0.0373. The predicted octanol–water partition coefficient (Wildman–Crippen LogP) is 1.39. The van der Waals surface area contributed by atoms with Crippen LogP contribution < -0.4 is 5.73 Å². The molecule has 1 aromatic rings. The molecule has 1 saturated carbocycles. The van der Waals surface area contributed by atoms with Crippen molar-refractivity contribution < 1.29 is 4.79 Å². The number of carbonyl (C=O) groups excluding carboxylic acids is 1. The fraction of sp³-hybridized carbons (Fsp3) is 0.500. The molecule has 4 nitrogen and oxygen atoms in total. The summed E-state index contributed by atoms with van der Waals surface area (Å²) in [4.78, 5) is 17.7. The molecule has 0 spiro atoms. The highest BCUT2D eigenvalue weighted by Gasteiger charge is 2.34. The lowest BCUT2D eigenvalue weighted by Gasteiger charge is -2.17. The summed E-state index contributed by atoms with van der Waals surface area (Å²) in [6.07, 6.45) is 2.81. The number of nitrogens with zero attached hydrogens (tertiary/aromatic N) is 2. The summed E-state index contributed by atoms with van der Waals surface area (Å²) in [5, 5.41) is 0. The maximum absolute atomic E-state index is 12.0. The topological polar surface area (TPSA) is 59.2 Å². The molecule has 1 aliphatic rings. The zero-order valence-electron chi connectivity index (χ0n) is 9.68. The monoisotopic (exact) mass is 219 g/mol. The van der Waals surface area contributed by atoms with Crippen LogP contribution in [0.1, 0.15) is 23.7 Å². The van der Waals surface area contributed by atoms with Gasteiger partial charge in [-0.3, -0.25) is 4.79 Å². The number of hydrogen-bond acceptors (Lipinski definition) is 3. The molecular formula is C12H17N3O. The second-order valence-corrected chi connectivity index (χ2v) is 4.59. The predicted molar refractivity (Wildman–Crippen MR) is 62.9 cm³/mol. The molecule has 0 saturated heterocycles. The molecule has 1 fully saturated rings. The van der Waals surface area contributed by atoms with E-state index < -0.39 is 0 Å². The Morgan fingerprint density at radius 3 is 2.94 bits per heavy atom. The Morgan fingerprint density at radius 2 is 2.38 bits per heavy atom. The van der Waals surface area contributed by atoms with Crippen LogP contribution in [0.5, 0.6) is 0 Å². The van der Waals surface area contributed by atoms with Gasteiger partial charge in [0.05, 0.1) is 5.56 Å². The van der Waals surface area contributed by atoms with Gasteiger partial charge in [-0.1, -0.05) is 6.92 Å². The molecule has 1 amide bonds. The molecule has 0 aromatic carbocycles. The first-order valence-corrected chi connectivity index (χ1v) is 5.55. The maximum Gasteiger partial charge on any atom is 0.257 e. The molecule has 2 N–H and O–H groups in total. The van der Waals surface area contributed by atoms with Crippen LogP contribution in [0, 0.1) is 11.8 Å². The zero-order chi connectivity index (χ0) is 11.7. The SMILES string of the molecule is CC1CC1CN(C)C(=O)c1cccnc1N. The number of hydrogen-bond donors (Lipinski definition) is 1. The Kier molecular flexibility index (Phi) is 2.81. The van der Waals surface area contributed by atoms with E-state index >= 15 is 0 Å². The fourth-order valence-electron chi connectivity index (χ4n) is 1.89. The van der Waals surface area contributed by atoms with Gasteiger partial charge in [-0.2, -0.15) is 0 Å². The number of aromatic nitrogens is 1. The molecule has 16 heavy (non-hydrogen) atoms. The molecule has 0 radical (unpaired) electrons. The third-order valence-electron chi connectivity index (χ3n) is 3.20. The minimum absolute atomic E-state index is 0.0373. The summed E-state index contributed by atoms with van der Waals surface area (Å²) in [7, 11) is 1.82. The Morgan fingerprint density at radius 1 is 1.69 bits per heavy atom. The average Bonchev–Trinajstić information content (AvgIpc) is 2.94. The van der Waals surface area contributed by atoms with Gasteiger partial charge in [0.1, 0.15) is 5.82 Å². The van der Waals surface area contributed by atoms with Gasteiger partial charge in [-0.25, -0.2) is 4.98 Å². The van der Waals surface area contributed by atoms with Crippen molar-refractivity contribution in [1.82, 2.24) is 9.88 Å². The van der Waals surface area contributed by atoms with Crippen LogP contribution in [-0.2, 0) is 0 Å². The molecule has 2 atom stereocenters. The number of amides is 1. The number of carbonyl (C=O) groups is 1. The van der Waals surface area contributed by atoms with E-state index in [2.05, 4.69) is 11.9 Å².